The van der Waals surface area contributed by atoms with Crippen molar-refractivity contribution in [3.05, 3.63) is 77.4 Å². The topological polar surface area (TPSA) is 50.1 Å². The highest BCUT2D eigenvalue weighted by atomic mass is 79.9. The van der Waals surface area contributed by atoms with E-state index in [1.54, 1.807) is 48.5 Å². The molecule has 0 aliphatic rings. The molecule has 0 unspecified atom stereocenters. The summed E-state index contributed by atoms with van der Waals surface area (Å²) >= 11 is 3.29. The molecular weight excluding hydrogens is 342 g/mol. The van der Waals surface area contributed by atoms with E-state index in [9.17, 15) is 4.79 Å². The SMILES string of the molecule is N#Cc1ccc(C(=O)c2ccc(OCC=CCBr)cc2)cc1. The predicted molar refractivity (Wildman–Crippen MR) is 89.5 cm³/mol. The van der Waals surface area contributed by atoms with Gasteiger partial charge >= 0.3 is 0 Å². The maximum Gasteiger partial charge on any atom is 0.193 e. The molecule has 0 spiro atoms. The number of ketones is 1. The molecule has 110 valence electrons. The Labute approximate surface area is 138 Å². The number of allylic oxidation sites excluding steroid dienone is 1. The molecule has 2 aromatic carbocycles. The van der Waals surface area contributed by atoms with Crippen LogP contribution in [0.5, 0.6) is 5.75 Å². The van der Waals surface area contributed by atoms with Crippen molar-refractivity contribution in [2.45, 2.75) is 0 Å². The lowest BCUT2D eigenvalue weighted by Crippen LogP contribution is -2.01. The van der Waals surface area contributed by atoms with Crippen LogP contribution in [0.1, 0.15) is 21.5 Å². The van der Waals surface area contributed by atoms with Crippen molar-refractivity contribution in [1.29, 1.82) is 5.26 Å². The maximum absolute atomic E-state index is 12.3. The van der Waals surface area contributed by atoms with Gasteiger partial charge in [0.2, 0.25) is 0 Å². The Hall–Kier alpha value is -2.38. The van der Waals surface area contributed by atoms with Gasteiger partial charge in [0.05, 0.1) is 11.6 Å². The number of hydrogen-bond donors (Lipinski definition) is 0. The minimum absolute atomic E-state index is 0.0739. The van der Waals surface area contributed by atoms with Crippen molar-refractivity contribution >= 4 is 21.7 Å². The van der Waals surface area contributed by atoms with Crippen molar-refractivity contribution in [3.63, 3.8) is 0 Å². The lowest BCUT2D eigenvalue weighted by Gasteiger charge is -2.05. The third kappa shape index (κ3) is 4.31. The lowest BCUT2D eigenvalue weighted by molar-refractivity contribution is 0.103. The van der Waals surface area contributed by atoms with Crippen molar-refractivity contribution in [3.8, 4) is 11.8 Å². The van der Waals surface area contributed by atoms with Gasteiger partial charge in [-0.1, -0.05) is 28.1 Å². The van der Waals surface area contributed by atoms with Crippen molar-refractivity contribution < 1.29 is 9.53 Å². The summed E-state index contributed by atoms with van der Waals surface area (Å²) in [5, 5.41) is 9.56. The number of alkyl halides is 1. The molecule has 0 aliphatic heterocycles. The second-order valence-electron chi connectivity index (χ2n) is 4.48. The summed E-state index contributed by atoms with van der Waals surface area (Å²) in [7, 11) is 0. The van der Waals surface area contributed by atoms with Crippen LogP contribution in [0.4, 0.5) is 0 Å². The van der Waals surface area contributed by atoms with Gasteiger partial charge in [0.25, 0.3) is 0 Å². The van der Waals surface area contributed by atoms with Crippen molar-refractivity contribution in [1.82, 2.24) is 0 Å². The van der Waals surface area contributed by atoms with E-state index in [1.165, 1.54) is 0 Å². The summed E-state index contributed by atoms with van der Waals surface area (Å²) in [4.78, 5) is 12.3. The minimum atomic E-state index is -0.0739. The fraction of sp³-hybridized carbons (Fsp3) is 0.111. The molecule has 0 bridgehead atoms. The molecule has 22 heavy (non-hydrogen) atoms. The molecule has 0 amide bonds. The molecule has 0 aliphatic carbocycles. The Kier molecular flexibility index (Phi) is 5.93. The third-order valence-corrected chi connectivity index (χ3v) is 3.37. The Bertz CT molecular complexity index is 697. The zero-order valence-electron chi connectivity index (χ0n) is 11.8. The van der Waals surface area contributed by atoms with Gasteiger partial charge in [-0.25, -0.2) is 0 Å². The number of nitriles is 1. The first-order valence-electron chi connectivity index (χ1n) is 6.73. The van der Waals surface area contributed by atoms with Crippen molar-refractivity contribution in [2.75, 3.05) is 11.9 Å². The maximum atomic E-state index is 12.3. The van der Waals surface area contributed by atoms with Crippen LogP contribution >= 0.6 is 15.9 Å². The van der Waals surface area contributed by atoms with Gasteiger partial charge in [-0.2, -0.15) is 5.26 Å². The van der Waals surface area contributed by atoms with E-state index in [0.717, 1.165) is 11.1 Å². The summed E-state index contributed by atoms with van der Waals surface area (Å²) < 4.78 is 5.52. The molecule has 2 aromatic rings. The highest BCUT2D eigenvalue weighted by Crippen LogP contribution is 2.16. The average molecular weight is 356 g/mol. The van der Waals surface area contributed by atoms with Gasteiger partial charge in [-0.15, -0.1) is 0 Å². The summed E-state index contributed by atoms with van der Waals surface area (Å²) in [5.41, 5.74) is 1.69. The molecule has 0 saturated carbocycles. The normalized spacial score (nSPS) is 10.4. The van der Waals surface area contributed by atoms with E-state index in [2.05, 4.69) is 15.9 Å². The molecule has 0 atom stereocenters. The Morgan fingerprint density at radius 2 is 1.64 bits per heavy atom. The number of nitrogens with zero attached hydrogens (tertiary/aromatic N) is 1. The highest BCUT2D eigenvalue weighted by Gasteiger charge is 2.09. The fourth-order valence-corrected chi connectivity index (χ4v) is 2.11. The average Bonchev–Trinajstić information content (AvgIpc) is 2.59. The number of benzene rings is 2. The molecule has 0 heterocycles. The van der Waals surface area contributed by atoms with Crippen LogP contribution < -0.4 is 4.74 Å². The Morgan fingerprint density at radius 1 is 1.05 bits per heavy atom. The lowest BCUT2D eigenvalue weighted by atomic mass is 10.0. The summed E-state index contributed by atoms with van der Waals surface area (Å²) in [5.74, 6) is 0.644. The highest BCUT2D eigenvalue weighted by molar-refractivity contribution is 9.09. The number of ether oxygens (including phenoxy) is 1. The van der Waals surface area contributed by atoms with Crippen LogP contribution in [0.15, 0.2) is 60.7 Å². The molecule has 0 saturated heterocycles. The van der Waals surface area contributed by atoms with Crippen LogP contribution in [0.2, 0.25) is 0 Å². The van der Waals surface area contributed by atoms with E-state index >= 15 is 0 Å². The van der Waals surface area contributed by atoms with Crippen LogP contribution in [-0.2, 0) is 0 Å². The molecular formula is C18H14BrNO2. The zero-order chi connectivity index (χ0) is 15.8. The van der Waals surface area contributed by atoms with E-state index in [4.69, 9.17) is 10.00 Å². The van der Waals surface area contributed by atoms with E-state index in [0.29, 0.717) is 23.3 Å². The quantitative estimate of drug-likeness (QED) is 0.444. The largest absolute Gasteiger partial charge is 0.490 e. The monoisotopic (exact) mass is 355 g/mol. The van der Waals surface area contributed by atoms with Crippen LogP contribution in [-0.4, -0.2) is 17.7 Å². The standard InChI is InChI=1S/C18H14BrNO2/c19-11-1-2-12-22-17-9-7-16(8-10-17)18(21)15-5-3-14(13-20)4-6-15/h1-10H,11-12H2. The second kappa shape index (κ2) is 8.16. The summed E-state index contributed by atoms with van der Waals surface area (Å²) in [6, 6.07) is 15.7. The Morgan fingerprint density at radius 3 is 2.18 bits per heavy atom. The van der Waals surface area contributed by atoms with Crippen molar-refractivity contribution in [2.24, 2.45) is 0 Å². The first kappa shape index (κ1) is 16.0. The number of hydrogen-bond acceptors (Lipinski definition) is 3. The van der Waals surface area contributed by atoms with Gasteiger partial charge in [0.1, 0.15) is 12.4 Å². The molecule has 0 fully saturated rings. The van der Waals surface area contributed by atoms with E-state index in [1.807, 2.05) is 18.2 Å². The molecule has 0 aromatic heterocycles. The first-order chi connectivity index (χ1) is 10.7. The van der Waals surface area contributed by atoms with Crippen LogP contribution in [0.3, 0.4) is 0 Å². The molecule has 3 nitrogen and oxygen atoms in total. The van der Waals surface area contributed by atoms with Gasteiger partial charge in [-0.05, 0) is 48.5 Å². The van der Waals surface area contributed by atoms with E-state index in [-0.39, 0.29) is 5.78 Å². The molecule has 0 N–H and O–H groups in total. The van der Waals surface area contributed by atoms with Gasteiger partial charge in [-0.3, -0.25) is 4.79 Å². The van der Waals surface area contributed by atoms with Gasteiger partial charge in [0.15, 0.2) is 5.78 Å². The van der Waals surface area contributed by atoms with E-state index < -0.39 is 0 Å². The van der Waals surface area contributed by atoms with Gasteiger partial charge in [0, 0.05) is 16.5 Å². The molecule has 4 heteroatoms. The minimum Gasteiger partial charge on any atom is -0.490 e. The smallest absolute Gasteiger partial charge is 0.193 e. The van der Waals surface area contributed by atoms with Gasteiger partial charge < -0.3 is 4.74 Å². The summed E-state index contributed by atoms with van der Waals surface area (Å²) in [6.07, 6.45) is 3.88. The third-order valence-electron chi connectivity index (χ3n) is 2.99. The summed E-state index contributed by atoms with van der Waals surface area (Å²) in [6.45, 7) is 0.495. The number of rotatable bonds is 6. The fourth-order valence-electron chi connectivity index (χ4n) is 1.84. The molecule has 0 radical (unpaired) electrons. The molecule has 2 rings (SSSR count). The zero-order valence-corrected chi connectivity index (χ0v) is 13.4. The van der Waals surface area contributed by atoms with Crippen LogP contribution in [0.25, 0.3) is 0 Å². The Balaban J connectivity index is 2.04. The second-order valence-corrected chi connectivity index (χ2v) is 5.13. The first-order valence-corrected chi connectivity index (χ1v) is 7.85. The predicted octanol–water partition coefficient (Wildman–Crippen LogP) is 4.12. The number of carbonyl (C=O) groups is 1. The van der Waals surface area contributed by atoms with Crippen LogP contribution in [0, 0.1) is 11.3 Å². The number of halogens is 1. The number of carbonyl (C=O) groups excluding carboxylic acids is 1.